The van der Waals surface area contributed by atoms with Gasteiger partial charge >= 0.3 is 6.09 Å². The Labute approximate surface area is 168 Å². The van der Waals surface area contributed by atoms with Crippen molar-refractivity contribution in [1.82, 2.24) is 4.90 Å². The van der Waals surface area contributed by atoms with Gasteiger partial charge in [0.25, 0.3) is 5.91 Å². The smallest absolute Gasteiger partial charge is 0.413 e. The number of nitrogens with one attached hydrogen (secondary N) is 1. The number of allylic oxidation sites excluding steroid dienone is 1. The fourth-order valence-electron chi connectivity index (χ4n) is 3.21. The van der Waals surface area contributed by atoms with Crippen LogP contribution in [0.3, 0.4) is 0 Å². The standard InChI is InChI=1S/C22H22F2N2O3/c1-3-29-22(28)26-12-11-14(2)17(13-26)15-7-9-16(10-8-15)25-21(27)20-18(23)5-4-6-19(20)24/h4-10,13-14H,3,11-12H2,1-2H3,(H,25,27). The first kappa shape index (κ1) is 20.5. The van der Waals surface area contributed by atoms with Gasteiger partial charge in [-0.1, -0.05) is 25.1 Å². The number of carbonyl (C=O) groups excluding carboxylic acids is 2. The monoisotopic (exact) mass is 400 g/mol. The molecule has 3 rings (SSSR count). The van der Waals surface area contributed by atoms with E-state index in [2.05, 4.69) is 12.2 Å². The summed E-state index contributed by atoms with van der Waals surface area (Å²) in [6.45, 7) is 4.73. The Bertz CT molecular complexity index is 921. The lowest BCUT2D eigenvalue weighted by Crippen LogP contribution is -2.32. The van der Waals surface area contributed by atoms with Crippen LogP contribution in [-0.2, 0) is 4.74 Å². The summed E-state index contributed by atoms with van der Waals surface area (Å²) in [4.78, 5) is 25.8. The third-order valence-electron chi connectivity index (χ3n) is 4.80. The summed E-state index contributed by atoms with van der Waals surface area (Å²) in [5.74, 6) is -2.44. The largest absolute Gasteiger partial charge is 0.449 e. The number of anilines is 1. The van der Waals surface area contributed by atoms with Crippen molar-refractivity contribution >= 4 is 23.3 Å². The number of ether oxygens (including phenoxy) is 1. The van der Waals surface area contributed by atoms with E-state index in [0.717, 1.165) is 29.7 Å². The predicted octanol–water partition coefficient (Wildman–Crippen LogP) is 5.06. The molecule has 0 aromatic heterocycles. The summed E-state index contributed by atoms with van der Waals surface area (Å²) in [6, 6.07) is 10.2. The first-order valence-electron chi connectivity index (χ1n) is 9.41. The van der Waals surface area contributed by atoms with Gasteiger partial charge in [-0.05, 0) is 54.7 Å². The zero-order chi connectivity index (χ0) is 21.0. The molecule has 0 spiro atoms. The second kappa shape index (κ2) is 8.86. The van der Waals surface area contributed by atoms with Crippen molar-refractivity contribution in [2.75, 3.05) is 18.5 Å². The van der Waals surface area contributed by atoms with Gasteiger partial charge in [0, 0.05) is 18.4 Å². The average Bonchev–Trinajstić information content (AvgIpc) is 2.69. The molecule has 1 aliphatic rings. The third-order valence-corrected chi connectivity index (χ3v) is 4.80. The topological polar surface area (TPSA) is 58.6 Å². The number of nitrogens with zero attached hydrogens (tertiary/aromatic N) is 1. The fourth-order valence-corrected chi connectivity index (χ4v) is 3.21. The van der Waals surface area contributed by atoms with Crippen molar-refractivity contribution in [3.05, 3.63) is 71.4 Å². The molecular weight excluding hydrogens is 378 g/mol. The average molecular weight is 400 g/mol. The molecule has 1 N–H and O–H groups in total. The van der Waals surface area contributed by atoms with Crippen molar-refractivity contribution in [3.63, 3.8) is 0 Å². The summed E-state index contributed by atoms with van der Waals surface area (Å²) in [5.41, 5.74) is 1.65. The van der Waals surface area contributed by atoms with E-state index in [-0.39, 0.29) is 12.0 Å². The molecule has 0 bridgehead atoms. The molecule has 7 heteroatoms. The highest BCUT2D eigenvalue weighted by Crippen LogP contribution is 2.31. The van der Waals surface area contributed by atoms with Crippen LogP contribution in [0.4, 0.5) is 19.3 Å². The number of halogens is 2. The van der Waals surface area contributed by atoms with Crippen LogP contribution in [0.25, 0.3) is 5.57 Å². The van der Waals surface area contributed by atoms with Gasteiger partial charge in [0.1, 0.15) is 17.2 Å². The minimum atomic E-state index is -0.917. The molecule has 1 aliphatic heterocycles. The molecule has 2 aromatic carbocycles. The molecule has 0 aliphatic carbocycles. The molecule has 0 saturated heterocycles. The highest BCUT2D eigenvalue weighted by molar-refractivity contribution is 6.04. The van der Waals surface area contributed by atoms with Crippen molar-refractivity contribution in [3.8, 4) is 0 Å². The van der Waals surface area contributed by atoms with E-state index in [4.69, 9.17) is 4.74 Å². The van der Waals surface area contributed by atoms with Crippen LogP contribution >= 0.6 is 0 Å². The van der Waals surface area contributed by atoms with E-state index in [1.807, 2.05) is 0 Å². The van der Waals surface area contributed by atoms with Crippen molar-refractivity contribution < 1.29 is 23.1 Å². The molecule has 1 heterocycles. The van der Waals surface area contributed by atoms with Crippen LogP contribution in [0.1, 0.15) is 36.2 Å². The Balaban J connectivity index is 1.77. The molecule has 2 aromatic rings. The maximum Gasteiger partial charge on any atom is 0.413 e. The molecule has 1 unspecified atom stereocenters. The molecule has 0 saturated carbocycles. The van der Waals surface area contributed by atoms with Gasteiger partial charge in [-0.2, -0.15) is 0 Å². The van der Waals surface area contributed by atoms with E-state index in [1.165, 1.54) is 6.07 Å². The molecule has 0 fully saturated rings. The number of hydrogen-bond acceptors (Lipinski definition) is 3. The van der Waals surface area contributed by atoms with E-state index in [0.29, 0.717) is 18.8 Å². The van der Waals surface area contributed by atoms with Crippen LogP contribution in [0.15, 0.2) is 48.7 Å². The molecule has 2 amide bonds. The SMILES string of the molecule is CCOC(=O)N1C=C(c2ccc(NC(=O)c3c(F)cccc3F)cc2)C(C)CC1. The molecule has 152 valence electrons. The summed E-state index contributed by atoms with van der Waals surface area (Å²) in [6.07, 6.45) is 2.21. The predicted molar refractivity (Wildman–Crippen MR) is 106 cm³/mol. The number of carbonyl (C=O) groups is 2. The van der Waals surface area contributed by atoms with Crippen LogP contribution in [0, 0.1) is 17.6 Å². The quantitative estimate of drug-likeness (QED) is 0.781. The van der Waals surface area contributed by atoms with Gasteiger partial charge in [-0.15, -0.1) is 0 Å². The summed E-state index contributed by atoms with van der Waals surface area (Å²) >= 11 is 0. The van der Waals surface area contributed by atoms with Crippen molar-refractivity contribution in [2.24, 2.45) is 5.92 Å². The first-order valence-corrected chi connectivity index (χ1v) is 9.41. The highest BCUT2D eigenvalue weighted by Gasteiger charge is 2.23. The highest BCUT2D eigenvalue weighted by atomic mass is 19.1. The maximum absolute atomic E-state index is 13.8. The lowest BCUT2D eigenvalue weighted by molar-refractivity contribution is 0.101. The summed E-state index contributed by atoms with van der Waals surface area (Å²) < 4.78 is 32.6. The Morgan fingerprint density at radius 3 is 2.41 bits per heavy atom. The molecule has 0 radical (unpaired) electrons. The fraction of sp³-hybridized carbons (Fsp3) is 0.273. The van der Waals surface area contributed by atoms with Gasteiger partial charge < -0.3 is 10.1 Å². The molecule has 1 atom stereocenters. The van der Waals surface area contributed by atoms with Gasteiger partial charge in [-0.3, -0.25) is 9.69 Å². The second-order valence-electron chi connectivity index (χ2n) is 6.79. The number of rotatable bonds is 4. The van der Waals surface area contributed by atoms with E-state index in [9.17, 15) is 18.4 Å². The normalized spacial score (nSPS) is 16.2. The molecule has 5 nitrogen and oxygen atoms in total. The van der Waals surface area contributed by atoms with E-state index < -0.39 is 23.1 Å². The number of amides is 2. The number of benzene rings is 2. The lowest BCUT2D eigenvalue weighted by atomic mass is 9.89. The molecular formula is C22H22F2N2O3. The van der Waals surface area contributed by atoms with Crippen LogP contribution in [0.2, 0.25) is 0 Å². The first-order chi connectivity index (χ1) is 13.9. The lowest BCUT2D eigenvalue weighted by Gasteiger charge is -2.29. The van der Waals surface area contributed by atoms with Crippen LogP contribution in [0.5, 0.6) is 0 Å². The minimum absolute atomic E-state index is 0.244. The minimum Gasteiger partial charge on any atom is -0.449 e. The van der Waals surface area contributed by atoms with Crippen LogP contribution < -0.4 is 5.32 Å². The van der Waals surface area contributed by atoms with Gasteiger partial charge in [0.15, 0.2) is 0 Å². The summed E-state index contributed by atoms with van der Waals surface area (Å²) in [5, 5.41) is 2.50. The van der Waals surface area contributed by atoms with Crippen LogP contribution in [-0.4, -0.2) is 30.1 Å². The third kappa shape index (κ3) is 4.62. The van der Waals surface area contributed by atoms with Gasteiger partial charge in [-0.25, -0.2) is 13.6 Å². The summed E-state index contributed by atoms with van der Waals surface area (Å²) in [7, 11) is 0. The van der Waals surface area contributed by atoms with Gasteiger partial charge in [0.2, 0.25) is 0 Å². The zero-order valence-electron chi connectivity index (χ0n) is 16.2. The zero-order valence-corrected chi connectivity index (χ0v) is 16.2. The Morgan fingerprint density at radius 2 is 1.79 bits per heavy atom. The van der Waals surface area contributed by atoms with Crippen molar-refractivity contribution in [1.29, 1.82) is 0 Å². The van der Waals surface area contributed by atoms with Crippen molar-refractivity contribution in [2.45, 2.75) is 20.3 Å². The van der Waals surface area contributed by atoms with Gasteiger partial charge in [0.05, 0.1) is 6.61 Å². The van der Waals surface area contributed by atoms with E-state index >= 15 is 0 Å². The Morgan fingerprint density at radius 1 is 1.14 bits per heavy atom. The second-order valence-corrected chi connectivity index (χ2v) is 6.79. The Hall–Kier alpha value is -3.22. The molecule has 29 heavy (non-hydrogen) atoms. The maximum atomic E-state index is 13.8. The number of hydrogen-bond donors (Lipinski definition) is 1. The Kier molecular flexibility index (Phi) is 6.26. The van der Waals surface area contributed by atoms with E-state index in [1.54, 1.807) is 42.3 Å².